The van der Waals surface area contributed by atoms with Crippen molar-refractivity contribution in [3.05, 3.63) is 130 Å². The molecule has 8 nitrogen and oxygen atoms in total. The van der Waals surface area contributed by atoms with Crippen molar-refractivity contribution in [3.63, 3.8) is 0 Å². The van der Waals surface area contributed by atoms with Crippen LogP contribution in [0.5, 0.6) is 0 Å². The van der Waals surface area contributed by atoms with Crippen LogP contribution >= 0.6 is 0 Å². The van der Waals surface area contributed by atoms with Crippen LogP contribution in [0, 0.1) is 0 Å². The van der Waals surface area contributed by atoms with E-state index in [-0.39, 0.29) is 49.8 Å². The van der Waals surface area contributed by atoms with Crippen LogP contribution in [0.25, 0.3) is 11.1 Å². The molecular weight excluding hydrogens is 580 g/mol. The van der Waals surface area contributed by atoms with E-state index >= 15 is 0 Å². The van der Waals surface area contributed by atoms with Crippen molar-refractivity contribution in [2.24, 2.45) is 0 Å². The van der Waals surface area contributed by atoms with Crippen LogP contribution in [0.15, 0.2) is 97.1 Å². The zero-order valence-electron chi connectivity index (χ0n) is 25.6. The van der Waals surface area contributed by atoms with Crippen LogP contribution in [0.3, 0.4) is 0 Å². The molecule has 46 heavy (non-hydrogen) atoms. The van der Waals surface area contributed by atoms with Crippen molar-refractivity contribution in [1.29, 1.82) is 0 Å². The third-order valence-corrected chi connectivity index (χ3v) is 9.42. The van der Waals surface area contributed by atoms with Crippen molar-refractivity contribution >= 4 is 11.8 Å². The van der Waals surface area contributed by atoms with E-state index in [1.807, 2.05) is 72.8 Å². The van der Waals surface area contributed by atoms with Crippen LogP contribution < -0.4 is 0 Å². The molecule has 2 saturated heterocycles. The second kappa shape index (κ2) is 13.3. The first kappa shape index (κ1) is 30.5. The molecule has 0 radical (unpaired) electrons. The predicted octanol–water partition coefficient (Wildman–Crippen LogP) is 5.64. The summed E-state index contributed by atoms with van der Waals surface area (Å²) in [6.07, 6.45) is 1.95. The maximum absolute atomic E-state index is 12.9. The molecule has 0 saturated carbocycles. The molecule has 3 aliphatic rings. The zero-order valence-corrected chi connectivity index (χ0v) is 25.6. The van der Waals surface area contributed by atoms with Crippen LogP contribution in [0.4, 0.5) is 0 Å². The third kappa shape index (κ3) is 6.15. The summed E-state index contributed by atoms with van der Waals surface area (Å²) < 4.78 is 13.1. The molecule has 3 aliphatic heterocycles. The lowest BCUT2D eigenvalue weighted by molar-refractivity contribution is -0.253. The summed E-state index contributed by atoms with van der Waals surface area (Å²) in [5.41, 5.74) is 6.56. The molecule has 7 rings (SSSR count). The van der Waals surface area contributed by atoms with E-state index in [9.17, 15) is 19.8 Å². The molecule has 2 fully saturated rings. The van der Waals surface area contributed by atoms with Crippen LogP contribution in [-0.4, -0.2) is 63.7 Å². The van der Waals surface area contributed by atoms with Gasteiger partial charge in [-0.3, -0.25) is 19.4 Å². The lowest BCUT2D eigenvalue weighted by atomic mass is 9.98. The average Bonchev–Trinajstić information content (AvgIpc) is 3.66. The van der Waals surface area contributed by atoms with Gasteiger partial charge in [0.05, 0.1) is 43.1 Å². The lowest BCUT2D eigenvalue weighted by Crippen LogP contribution is -2.42. The van der Waals surface area contributed by atoms with Gasteiger partial charge in [0, 0.05) is 24.6 Å². The largest absolute Gasteiger partial charge is 0.395 e. The maximum Gasteiger partial charge on any atom is 0.261 e. The fraction of sp³-hybridized carbons (Fsp3) is 0.316. The molecule has 236 valence electrons. The van der Waals surface area contributed by atoms with Gasteiger partial charge in [0.2, 0.25) is 0 Å². The van der Waals surface area contributed by atoms with Gasteiger partial charge in [-0.05, 0) is 65.4 Å². The first-order valence-electron chi connectivity index (χ1n) is 16.0. The van der Waals surface area contributed by atoms with Gasteiger partial charge in [-0.25, -0.2) is 0 Å². The van der Waals surface area contributed by atoms with Crippen molar-refractivity contribution in [1.82, 2.24) is 9.80 Å². The Balaban J connectivity index is 1.08. The molecule has 0 spiro atoms. The number of likely N-dealkylation sites (tertiary alicyclic amines) is 1. The number of amides is 2. The van der Waals surface area contributed by atoms with Crippen LogP contribution in [0.1, 0.15) is 74.6 Å². The fourth-order valence-electron chi connectivity index (χ4n) is 6.88. The molecule has 8 heteroatoms. The number of benzene rings is 4. The summed E-state index contributed by atoms with van der Waals surface area (Å²) in [5.74, 6) is -0.527. The standard InChI is InChI=1S/C38H38N2O6/c41-23-25-10-12-28(13-11-25)35-20-32(22-39-18-4-7-31(39)24-42)45-38(46-35)29-16-14-27(15-17-29)30-6-3-5-26(19-30)21-40-36(43)33-8-1-2-9-34(33)37(40)44/h1-3,5-6,8-17,19,31-32,35,38,41-42H,4,7,18,20-24H2. The Morgan fingerprint density at radius 2 is 1.46 bits per heavy atom. The van der Waals surface area contributed by atoms with E-state index in [4.69, 9.17) is 9.47 Å². The molecule has 4 aromatic rings. The monoisotopic (exact) mass is 618 g/mol. The minimum atomic E-state index is -0.564. The highest BCUT2D eigenvalue weighted by molar-refractivity contribution is 6.21. The van der Waals surface area contributed by atoms with Gasteiger partial charge >= 0.3 is 0 Å². The number of nitrogens with zero attached hydrogens (tertiary/aromatic N) is 2. The Morgan fingerprint density at radius 1 is 0.739 bits per heavy atom. The second-order valence-corrected chi connectivity index (χ2v) is 12.4. The van der Waals surface area contributed by atoms with Gasteiger partial charge in [-0.2, -0.15) is 0 Å². The first-order chi connectivity index (χ1) is 22.5. The van der Waals surface area contributed by atoms with Gasteiger partial charge in [-0.15, -0.1) is 0 Å². The zero-order chi connectivity index (χ0) is 31.6. The number of imide groups is 1. The Labute approximate surface area is 268 Å². The molecule has 4 aromatic carbocycles. The first-order valence-corrected chi connectivity index (χ1v) is 16.0. The van der Waals surface area contributed by atoms with Gasteiger partial charge in [0.25, 0.3) is 11.8 Å². The second-order valence-electron chi connectivity index (χ2n) is 12.4. The van der Waals surface area contributed by atoms with Gasteiger partial charge < -0.3 is 19.7 Å². The number of fused-ring (bicyclic) bond motifs is 1. The Morgan fingerprint density at radius 3 is 2.15 bits per heavy atom. The molecule has 4 unspecified atom stereocenters. The molecular formula is C38H38N2O6. The smallest absolute Gasteiger partial charge is 0.261 e. The van der Waals surface area contributed by atoms with Crippen molar-refractivity contribution in [2.75, 3.05) is 19.7 Å². The number of rotatable bonds is 9. The maximum atomic E-state index is 12.9. The summed E-state index contributed by atoms with van der Waals surface area (Å²) >= 11 is 0. The highest BCUT2D eigenvalue weighted by atomic mass is 16.7. The number of carbonyl (C=O) groups excluding carboxylic acids is 2. The molecule has 3 heterocycles. The molecule has 0 aliphatic carbocycles. The van der Waals surface area contributed by atoms with Crippen LogP contribution in [0.2, 0.25) is 0 Å². The Hall–Kier alpha value is -4.18. The fourth-order valence-corrected chi connectivity index (χ4v) is 6.88. The molecule has 0 aromatic heterocycles. The van der Waals surface area contributed by atoms with E-state index in [0.29, 0.717) is 17.5 Å². The van der Waals surface area contributed by atoms with Gasteiger partial charge in [-0.1, -0.05) is 78.9 Å². The quantitative estimate of drug-likeness (QED) is 0.234. The molecule has 0 bridgehead atoms. The van der Waals surface area contributed by atoms with E-state index in [1.54, 1.807) is 24.3 Å². The van der Waals surface area contributed by atoms with Gasteiger partial charge in [0.1, 0.15) is 0 Å². The minimum Gasteiger partial charge on any atom is -0.395 e. The molecule has 4 atom stereocenters. The highest BCUT2D eigenvalue weighted by Crippen LogP contribution is 2.39. The number of aliphatic hydroxyl groups excluding tert-OH is 2. The summed E-state index contributed by atoms with van der Waals surface area (Å²) in [5, 5.41) is 19.4. The number of ether oxygens (including phenoxy) is 2. The summed E-state index contributed by atoms with van der Waals surface area (Å²) in [4.78, 5) is 29.4. The van der Waals surface area contributed by atoms with Crippen LogP contribution in [-0.2, 0) is 22.6 Å². The minimum absolute atomic E-state index is 0.00427. The number of hydrogen-bond acceptors (Lipinski definition) is 7. The predicted molar refractivity (Wildman–Crippen MR) is 173 cm³/mol. The number of carbonyl (C=O) groups is 2. The summed E-state index contributed by atoms with van der Waals surface area (Å²) in [6, 6.07) is 31.0. The Bertz CT molecular complexity index is 1670. The Kier molecular flexibility index (Phi) is 8.80. The SMILES string of the molecule is O=C1c2ccccc2C(=O)N1Cc1cccc(-c2ccc(C3OC(CN4CCCC4CO)CC(c4ccc(CO)cc4)O3)cc2)c1. The van der Waals surface area contributed by atoms with Crippen molar-refractivity contribution in [2.45, 2.75) is 57.0 Å². The summed E-state index contributed by atoms with van der Waals surface area (Å²) in [6.45, 7) is 2.04. The van der Waals surface area contributed by atoms with Crippen molar-refractivity contribution in [3.8, 4) is 11.1 Å². The summed E-state index contributed by atoms with van der Waals surface area (Å²) in [7, 11) is 0. The van der Waals surface area contributed by atoms with E-state index in [0.717, 1.165) is 59.3 Å². The molecule has 2 N–H and O–H groups in total. The topological polar surface area (TPSA) is 99.5 Å². The van der Waals surface area contributed by atoms with E-state index in [2.05, 4.69) is 4.90 Å². The van der Waals surface area contributed by atoms with E-state index in [1.165, 1.54) is 4.90 Å². The third-order valence-electron chi connectivity index (χ3n) is 9.42. The average molecular weight is 619 g/mol. The lowest BCUT2D eigenvalue weighted by Gasteiger charge is -2.38. The normalized spacial score (nSPS) is 23.2. The number of aliphatic hydroxyl groups is 2. The number of hydrogen-bond donors (Lipinski definition) is 2. The van der Waals surface area contributed by atoms with E-state index < -0.39 is 6.29 Å². The highest BCUT2D eigenvalue weighted by Gasteiger charge is 2.36. The van der Waals surface area contributed by atoms with Crippen molar-refractivity contribution < 1.29 is 29.3 Å². The molecule has 2 amide bonds. The van der Waals surface area contributed by atoms with Gasteiger partial charge in [0.15, 0.2) is 6.29 Å².